The number of non-ortho nitro benzene ring substituents is 1. The number of rotatable bonds is 6. The van der Waals surface area contributed by atoms with E-state index in [0.717, 1.165) is 26.1 Å². The fraction of sp³-hybridized carbons (Fsp3) is 0.118. The normalized spacial score (nSPS) is 12.1. The third-order valence-electron chi connectivity index (χ3n) is 3.95. The fourth-order valence-electron chi connectivity index (χ4n) is 2.65. The number of nitrogens with zero attached hydrogens (tertiary/aromatic N) is 4. The summed E-state index contributed by atoms with van der Waals surface area (Å²) < 4.78 is 0. The number of nitrogens with two attached hydrogens (primary N) is 1. The van der Waals surface area contributed by atoms with Crippen LogP contribution in [0.4, 0.5) is 10.8 Å². The Morgan fingerprint density at radius 2 is 1.96 bits per heavy atom. The van der Waals surface area contributed by atoms with Gasteiger partial charge in [-0.25, -0.2) is 4.98 Å². The van der Waals surface area contributed by atoms with Gasteiger partial charge in [0.05, 0.1) is 21.4 Å². The van der Waals surface area contributed by atoms with Crippen LogP contribution in [0.5, 0.6) is 0 Å². The SMILES string of the molecule is Nc1nnc([C@@H](Cc2ccc([N+](=O)[O-])cc2)c2csc(-c3cccs3)n2)s1. The second-order valence-electron chi connectivity index (χ2n) is 5.71. The second kappa shape index (κ2) is 7.51. The van der Waals surface area contributed by atoms with E-state index in [1.165, 1.54) is 23.5 Å². The summed E-state index contributed by atoms with van der Waals surface area (Å²) in [6, 6.07) is 10.6. The van der Waals surface area contributed by atoms with Gasteiger partial charge in [-0.15, -0.1) is 32.9 Å². The third-order valence-corrected chi connectivity index (χ3v) is 6.72. The molecule has 0 saturated heterocycles. The van der Waals surface area contributed by atoms with Gasteiger partial charge in [0.1, 0.15) is 10.0 Å². The average Bonchev–Trinajstić information content (AvgIpc) is 3.41. The molecule has 1 aromatic carbocycles. The molecule has 0 amide bonds. The molecule has 1 atom stereocenters. The molecule has 4 aromatic rings. The van der Waals surface area contributed by atoms with E-state index in [-0.39, 0.29) is 11.6 Å². The van der Waals surface area contributed by atoms with Gasteiger partial charge in [-0.05, 0) is 23.4 Å². The molecule has 0 aliphatic rings. The van der Waals surface area contributed by atoms with Crippen molar-refractivity contribution in [3.8, 4) is 9.88 Å². The minimum Gasteiger partial charge on any atom is -0.374 e. The number of nitro groups is 1. The Labute approximate surface area is 166 Å². The smallest absolute Gasteiger partial charge is 0.269 e. The first-order chi connectivity index (χ1) is 13.1. The van der Waals surface area contributed by atoms with Crippen molar-refractivity contribution in [3.05, 3.63) is 73.5 Å². The molecule has 10 heteroatoms. The van der Waals surface area contributed by atoms with E-state index in [4.69, 9.17) is 10.7 Å². The molecule has 0 radical (unpaired) electrons. The number of benzene rings is 1. The van der Waals surface area contributed by atoms with Crippen LogP contribution in [0.15, 0.2) is 47.2 Å². The van der Waals surface area contributed by atoms with Crippen molar-refractivity contribution in [1.82, 2.24) is 15.2 Å². The third kappa shape index (κ3) is 3.87. The molecule has 7 nitrogen and oxygen atoms in total. The number of nitrogen functional groups attached to an aromatic ring is 1. The summed E-state index contributed by atoms with van der Waals surface area (Å²) in [5, 5.41) is 25.2. The van der Waals surface area contributed by atoms with Crippen LogP contribution in [-0.4, -0.2) is 20.1 Å². The summed E-state index contributed by atoms with van der Waals surface area (Å²) in [5.41, 5.74) is 7.71. The van der Waals surface area contributed by atoms with Crippen LogP contribution in [-0.2, 0) is 6.42 Å². The largest absolute Gasteiger partial charge is 0.374 e. The molecule has 136 valence electrons. The summed E-state index contributed by atoms with van der Waals surface area (Å²) in [4.78, 5) is 16.4. The molecule has 4 rings (SSSR count). The van der Waals surface area contributed by atoms with Crippen LogP contribution in [0.2, 0.25) is 0 Å². The summed E-state index contributed by atoms with van der Waals surface area (Å²) in [7, 11) is 0. The predicted molar refractivity (Wildman–Crippen MR) is 108 cm³/mol. The maximum absolute atomic E-state index is 10.9. The molecule has 2 N–H and O–H groups in total. The van der Waals surface area contributed by atoms with E-state index < -0.39 is 4.92 Å². The highest BCUT2D eigenvalue weighted by molar-refractivity contribution is 7.20. The van der Waals surface area contributed by atoms with Gasteiger partial charge >= 0.3 is 0 Å². The van der Waals surface area contributed by atoms with Crippen molar-refractivity contribution in [2.75, 3.05) is 5.73 Å². The standard InChI is InChI=1S/C17H13N5O2S3/c18-17-21-20-15(27-17)12(8-10-3-5-11(6-4-10)22(23)24)13-9-26-16(19-13)14-2-1-7-25-14/h1-7,9,12H,8H2,(H2,18,21)/t12-/m0/s1. The lowest BCUT2D eigenvalue weighted by atomic mass is 9.97. The van der Waals surface area contributed by atoms with E-state index in [2.05, 4.69) is 10.2 Å². The second-order valence-corrected chi connectivity index (χ2v) is 8.56. The van der Waals surface area contributed by atoms with Crippen molar-refractivity contribution in [2.24, 2.45) is 0 Å². The van der Waals surface area contributed by atoms with Gasteiger partial charge in [0.15, 0.2) is 0 Å². The average molecular weight is 416 g/mol. The maximum Gasteiger partial charge on any atom is 0.269 e. The Morgan fingerprint density at radius 3 is 2.59 bits per heavy atom. The maximum atomic E-state index is 10.9. The van der Waals surface area contributed by atoms with Crippen LogP contribution in [0.25, 0.3) is 9.88 Å². The molecule has 27 heavy (non-hydrogen) atoms. The molecule has 0 bridgehead atoms. The van der Waals surface area contributed by atoms with Crippen LogP contribution in [0.3, 0.4) is 0 Å². The first-order valence-corrected chi connectivity index (χ1v) is 10.5. The lowest BCUT2D eigenvalue weighted by Gasteiger charge is -2.11. The Hall–Kier alpha value is -2.69. The summed E-state index contributed by atoms with van der Waals surface area (Å²) >= 11 is 4.58. The topological polar surface area (TPSA) is 108 Å². The zero-order valence-corrected chi connectivity index (χ0v) is 16.3. The minimum atomic E-state index is -0.402. The Kier molecular flexibility index (Phi) is 4.92. The van der Waals surface area contributed by atoms with Crippen LogP contribution < -0.4 is 5.73 Å². The summed E-state index contributed by atoms with van der Waals surface area (Å²) in [5.74, 6) is -0.105. The minimum absolute atomic E-state index is 0.0732. The molecule has 0 fully saturated rings. The highest BCUT2D eigenvalue weighted by atomic mass is 32.1. The molecule has 0 aliphatic carbocycles. The van der Waals surface area contributed by atoms with Gasteiger partial charge in [0.25, 0.3) is 5.69 Å². The number of thiophene rings is 1. The molecular formula is C17H13N5O2S3. The zero-order chi connectivity index (χ0) is 18.8. The predicted octanol–water partition coefficient (Wildman–Crippen LogP) is 4.59. The lowest BCUT2D eigenvalue weighted by Crippen LogP contribution is -2.06. The van der Waals surface area contributed by atoms with Crippen LogP contribution in [0.1, 0.15) is 22.2 Å². The Balaban J connectivity index is 1.66. The Bertz CT molecular complexity index is 1060. The molecule has 0 saturated carbocycles. The number of hydrogen-bond donors (Lipinski definition) is 1. The van der Waals surface area contributed by atoms with Crippen LogP contribution >= 0.6 is 34.0 Å². The van der Waals surface area contributed by atoms with E-state index >= 15 is 0 Å². The quantitative estimate of drug-likeness (QED) is 0.364. The highest BCUT2D eigenvalue weighted by Crippen LogP contribution is 2.35. The van der Waals surface area contributed by atoms with Crippen LogP contribution in [0, 0.1) is 10.1 Å². The molecule has 3 aromatic heterocycles. The van der Waals surface area contributed by atoms with Crippen molar-refractivity contribution in [2.45, 2.75) is 12.3 Å². The number of anilines is 1. The number of thiazole rings is 1. The Morgan fingerprint density at radius 1 is 1.15 bits per heavy atom. The number of nitro benzene ring substituents is 1. The molecule has 0 spiro atoms. The van der Waals surface area contributed by atoms with Crippen molar-refractivity contribution < 1.29 is 4.92 Å². The first kappa shape index (κ1) is 17.7. The van der Waals surface area contributed by atoms with Crippen molar-refractivity contribution in [1.29, 1.82) is 0 Å². The number of hydrogen-bond acceptors (Lipinski definition) is 9. The first-order valence-electron chi connectivity index (χ1n) is 7.91. The van der Waals surface area contributed by atoms with Gasteiger partial charge in [0.2, 0.25) is 5.13 Å². The van der Waals surface area contributed by atoms with Gasteiger partial charge in [-0.3, -0.25) is 10.1 Å². The van der Waals surface area contributed by atoms with Crippen molar-refractivity contribution in [3.63, 3.8) is 0 Å². The summed E-state index contributed by atoms with van der Waals surface area (Å²) in [6.07, 6.45) is 0.611. The van der Waals surface area contributed by atoms with E-state index in [1.807, 2.05) is 22.9 Å². The van der Waals surface area contributed by atoms with Gasteiger partial charge < -0.3 is 5.73 Å². The number of aromatic nitrogens is 3. The van der Waals surface area contributed by atoms with E-state index in [9.17, 15) is 10.1 Å². The van der Waals surface area contributed by atoms with E-state index in [0.29, 0.717) is 11.6 Å². The van der Waals surface area contributed by atoms with E-state index in [1.54, 1.807) is 34.8 Å². The fourth-order valence-corrected chi connectivity index (χ4v) is 5.07. The zero-order valence-electron chi connectivity index (χ0n) is 13.8. The van der Waals surface area contributed by atoms with Gasteiger partial charge in [-0.1, -0.05) is 29.5 Å². The van der Waals surface area contributed by atoms with Crippen molar-refractivity contribution >= 4 is 44.8 Å². The highest BCUT2D eigenvalue weighted by Gasteiger charge is 2.23. The molecule has 0 aliphatic heterocycles. The monoisotopic (exact) mass is 415 g/mol. The molecule has 0 unspecified atom stereocenters. The lowest BCUT2D eigenvalue weighted by molar-refractivity contribution is -0.384. The molecular weight excluding hydrogens is 402 g/mol. The summed E-state index contributed by atoms with van der Waals surface area (Å²) in [6.45, 7) is 0. The van der Waals surface area contributed by atoms with Gasteiger partial charge in [-0.2, -0.15) is 0 Å². The van der Waals surface area contributed by atoms with Gasteiger partial charge in [0, 0.05) is 17.5 Å². The molecule has 3 heterocycles.